The van der Waals surface area contributed by atoms with Crippen LogP contribution >= 0.6 is 0 Å². The summed E-state index contributed by atoms with van der Waals surface area (Å²) in [6, 6.07) is 0. The Labute approximate surface area is 75.5 Å². The van der Waals surface area contributed by atoms with Gasteiger partial charge >= 0.3 is 0 Å². The molecule has 12 heavy (non-hydrogen) atoms. The molecule has 0 rings (SSSR count). The average molecular weight is 170 g/mol. The Balaban J connectivity index is 0. The van der Waals surface area contributed by atoms with Crippen molar-refractivity contribution in [2.24, 2.45) is 0 Å². The lowest BCUT2D eigenvalue weighted by Crippen LogP contribution is -1.71. The summed E-state index contributed by atoms with van der Waals surface area (Å²) in [5.74, 6) is 0. The van der Waals surface area contributed by atoms with Crippen LogP contribution in [-0.4, -0.2) is 6.67 Å². The molecule has 0 atom stereocenters. The molecule has 0 unspecified atom stereocenters. The van der Waals surface area contributed by atoms with E-state index in [0.717, 1.165) is 11.1 Å². The third-order valence-corrected chi connectivity index (χ3v) is 1.03. The van der Waals surface area contributed by atoms with Gasteiger partial charge in [0.05, 0.1) is 0 Å². The maximum absolute atomic E-state index is 11.6. The zero-order chi connectivity index (χ0) is 9.98. The normalized spacial score (nSPS) is 10.9. The van der Waals surface area contributed by atoms with Gasteiger partial charge in [-0.05, 0) is 13.8 Å². The summed E-state index contributed by atoms with van der Waals surface area (Å²) >= 11 is 0. The molecule has 0 radical (unpaired) electrons. The molecule has 0 aromatic carbocycles. The lowest BCUT2D eigenvalue weighted by molar-refractivity contribution is 0.560. The van der Waals surface area contributed by atoms with Gasteiger partial charge in [-0.1, -0.05) is 49.8 Å². The smallest absolute Gasteiger partial charge is 0.108 e. The van der Waals surface area contributed by atoms with E-state index in [2.05, 4.69) is 6.58 Å². The van der Waals surface area contributed by atoms with E-state index in [1.54, 1.807) is 0 Å². The van der Waals surface area contributed by atoms with Crippen LogP contribution in [0, 0.1) is 0 Å². The Morgan fingerprint density at radius 1 is 1.25 bits per heavy atom. The molecule has 0 nitrogen and oxygen atoms in total. The third-order valence-electron chi connectivity index (χ3n) is 1.03. The van der Waals surface area contributed by atoms with E-state index >= 15 is 0 Å². The summed E-state index contributed by atoms with van der Waals surface area (Å²) in [6.45, 7) is 11.0. The molecule has 0 saturated carbocycles. The maximum atomic E-state index is 11.6. The molecule has 0 fully saturated rings. The molecular weight excluding hydrogens is 151 g/mol. The minimum absolute atomic E-state index is 0.396. The van der Waals surface area contributed by atoms with Crippen molar-refractivity contribution >= 4 is 0 Å². The van der Waals surface area contributed by atoms with E-state index in [-0.39, 0.29) is 0 Å². The molecular formula is C11H19F. The van der Waals surface area contributed by atoms with Crippen LogP contribution in [0.4, 0.5) is 4.39 Å². The van der Waals surface area contributed by atoms with Gasteiger partial charge in [0, 0.05) is 0 Å². The molecule has 70 valence electrons. The maximum Gasteiger partial charge on any atom is 0.108 e. The van der Waals surface area contributed by atoms with Crippen LogP contribution < -0.4 is 0 Å². The second kappa shape index (κ2) is 10.2. The number of alkyl halides is 1. The van der Waals surface area contributed by atoms with E-state index < -0.39 is 6.67 Å². The first-order valence-electron chi connectivity index (χ1n) is 4.23. The first-order valence-corrected chi connectivity index (χ1v) is 4.23. The van der Waals surface area contributed by atoms with E-state index in [9.17, 15) is 4.39 Å². The van der Waals surface area contributed by atoms with Gasteiger partial charge in [-0.15, -0.1) is 0 Å². The van der Waals surface area contributed by atoms with Crippen LogP contribution in [0.1, 0.15) is 27.7 Å². The van der Waals surface area contributed by atoms with Crippen molar-refractivity contribution in [2.75, 3.05) is 6.67 Å². The highest BCUT2D eigenvalue weighted by atomic mass is 19.1. The molecule has 0 saturated heterocycles. The van der Waals surface area contributed by atoms with Crippen molar-refractivity contribution in [3.63, 3.8) is 0 Å². The van der Waals surface area contributed by atoms with E-state index in [0.29, 0.717) is 0 Å². The van der Waals surface area contributed by atoms with Crippen LogP contribution in [0.3, 0.4) is 0 Å². The monoisotopic (exact) mass is 170 g/mol. The summed E-state index contributed by atoms with van der Waals surface area (Å²) in [6.07, 6.45) is 5.24. The number of hydrogen-bond donors (Lipinski definition) is 0. The Morgan fingerprint density at radius 3 is 2.08 bits per heavy atom. The summed E-state index contributed by atoms with van der Waals surface area (Å²) in [7, 11) is 0. The highest BCUT2D eigenvalue weighted by molar-refractivity contribution is 5.23. The second-order valence-corrected chi connectivity index (χ2v) is 2.28. The molecule has 0 aromatic heterocycles. The van der Waals surface area contributed by atoms with Crippen molar-refractivity contribution in [1.82, 2.24) is 0 Å². The van der Waals surface area contributed by atoms with Gasteiger partial charge in [0.1, 0.15) is 6.67 Å². The summed E-state index contributed by atoms with van der Waals surface area (Å²) in [5, 5.41) is 0. The summed E-state index contributed by atoms with van der Waals surface area (Å²) in [5.41, 5.74) is 1.91. The molecule has 1 heteroatoms. The second-order valence-electron chi connectivity index (χ2n) is 2.28. The molecule has 0 heterocycles. The van der Waals surface area contributed by atoms with Gasteiger partial charge in [-0.2, -0.15) is 0 Å². The minimum atomic E-state index is -0.396. The van der Waals surface area contributed by atoms with E-state index in [4.69, 9.17) is 0 Å². The highest BCUT2D eigenvalue weighted by Crippen LogP contribution is 1.98. The molecule has 0 aliphatic carbocycles. The fourth-order valence-electron chi connectivity index (χ4n) is 0.463. The van der Waals surface area contributed by atoms with Gasteiger partial charge in [0.25, 0.3) is 0 Å². The van der Waals surface area contributed by atoms with E-state index in [1.807, 2.05) is 39.8 Å². The Bertz CT molecular complexity index is 164. The summed E-state index contributed by atoms with van der Waals surface area (Å²) < 4.78 is 11.6. The molecule has 0 bridgehead atoms. The predicted molar refractivity (Wildman–Crippen MR) is 55.0 cm³/mol. The first kappa shape index (κ1) is 13.7. The van der Waals surface area contributed by atoms with Gasteiger partial charge in [-0.25, -0.2) is 4.39 Å². The fourth-order valence-corrected chi connectivity index (χ4v) is 0.463. The van der Waals surface area contributed by atoms with Gasteiger partial charge in [0.2, 0.25) is 0 Å². The number of allylic oxidation sites excluding steroid dienone is 5. The van der Waals surface area contributed by atoms with Crippen molar-refractivity contribution in [3.05, 3.63) is 36.0 Å². The van der Waals surface area contributed by atoms with Crippen LogP contribution in [0.25, 0.3) is 0 Å². The molecule has 0 aromatic rings. The molecule has 0 spiro atoms. The Morgan fingerprint density at radius 2 is 1.75 bits per heavy atom. The van der Waals surface area contributed by atoms with Crippen LogP contribution in [0.5, 0.6) is 0 Å². The molecule has 0 aliphatic rings. The lowest BCUT2D eigenvalue weighted by Gasteiger charge is -1.88. The van der Waals surface area contributed by atoms with Gasteiger partial charge in [-0.3, -0.25) is 0 Å². The van der Waals surface area contributed by atoms with E-state index in [1.165, 1.54) is 6.08 Å². The standard InChI is InChI=1S/C9H13F.C2H6/c1-8(2)4-5-9(3)6-7-10;1-2/h4-6H,1,7H2,2-3H3;1-2H3/b5-4-,9-6-;. The van der Waals surface area contributed by atoms with Crippen LogP contribution in [0.2, 0.25) is 0 Å². The van der Waals surface area contributed by atoms with Crippen LogP contribution in [0.15, 0.2) is 36.0 Å². The Kier molecular flexibility index (Phi) is 11.6. The lowest BCUT2D eigenvalue weighted by atomic mass is 10.2. The quantitative estimate of drug-likeness (QED) is 0.560. The first-order chi connectivity index (χ1) is 5.66. The topological polar surface area (TPSA) is 0 Å². The van der Waals surface area contributed by atoms with Crippen molar-refractivity contribution in [1.29, 1.82) is 0 Å². The van der Waals surface area contributed by atoms with Gasteiger partial charge in [0.15, 0.2) is 0 Å². The highest BCUT2D eigenvalue weighted by Gasteiger charge is 1.79. The third kappa shape index (κ3) is 11.9. The summed E-state index contributed by atoms with van der Waals surface area (Å²) in [4.78, 5) is 0. The number of halogens is 1. The van der Waals surface area contributed by atoms with Crippen molar-refractivity contribution < 1.29 is 4.39 Å². The van der Waals surface area contributed by atoms with Crippen molar-refractivity contribution in [2.45, 2.75) is 27.7 Å². The fraction of sp³-hybridized carbons (Fsp3) is 0.455. The SMILES string of the molecule is C=C(C)/C=C\C(C)=C/CF.CC. The average Bonchev–Trinajstić information content (AvgIpc) is 2.05. The van der Waals surface area contributed by atoms with Crippen LogP contribution in [-0.2, 0) is 0 Å². The number of hydrogen-bond acceptors (Lipinski definition) is 0. The van der Waals surface area contributed by atoms with Gasteiger partial charge < -0.3 is 0 Å². The zero-order valence-electron chi connectivity index (χ0n) is 8.52. The number of rotatable bonds is 3. The zero-order valence-corrected chi connectivity index (χ0v) is 8.52. The molecule has 0 N–H and O–H groups in total. The Hall–Kier alpha value is -0.850. The minimum Gasteiger partial charge on any atom is -0.247 e. The van der Waals surface area contributed by atoms with Crippen molar-refractivity contribution in [3.8, 4) is 0 Å². The molecule has 0 amide bonds. The largest absolute Gasteiger partial charge is 0.247 e. The predicted octanol–water partition coefficient (Wildman–Crippen LogP) is 4.06. The molecule has 0 aliphatic heterocycles.